The summed E-state index contributed by atoms with van der Waals surface area (Å²) in [6, 6.07) is 150. The average Bonchev–Trinajstić information content (AvgIpc) is 1.57. The van der Waals surface area contributed by atoms with Crippen LogP contribution in [0.4, 0.5) is 0 Å². The zero-order valence-corrected chi connectivity index (χ0v) is 88.7. The van der Waals surface area contributed by atoms with Crippen molar-refractivity contribution in [3.8, 4) is 0 Å². The van der Waals surface area contributed by atoms with Gasteiger partial charge in [-0.1, -0.05) is 433 Å². The van der Waals surface area contributed by atoms with Crippen molar-refractivity contribution in [2.24, 2.45) is 0 Å². The second kappa shape index (κ2) is 48.9. The molecule has 4 aliphatic carbocycles. The quantitative estimate of drug-likeness (QED) is 0.0275. The zero-order valence-electron chi connectivity index (χ0n) is 81.3. The number of benzene rings is 16. The van der Waals surface area contributed by atoms with Crippen LogP contribution < -0.4 is 69.1 Å². The van der Waals surface area contributed by atoms with Crippen LogP contribution >= 0.6 is 66.5 Å². The Kier molecular flexibility index (Phi) is 36.7. The number of halogens is 3. The first kappa shape index (κ1) is 106. The maximum Gasteiger partial charge on any atom is 0.496 e. The fourth-order valence-electron chi connectivity index (χ4n) is 18.1. The van der Waals surface area contributed by atoms with Gasteiger partial charge >= 0.3 is 19.1 Å². The number of esters is 2. The van der Waals surface area contributed by atoms with Crippen LogP contribution in [0.2, 0.25) is 10.0 Å². The number of methoxy groups -OCH3 is 2. The predicted octanol–water partition coefficient (Wildman–Crippen LogP) is 25.8. The molecule has 2 saturated carbocycles. The molecule has 1 heterocycles. The van der Waals surface area contributed by atoms with Crippen molar-refractivity contribution in [3.63, 3.8) is 0 Å². The zero-order chi connectivity index (χ0) is 98.4. The van der Waals surface area contributed by atoms with E-state index in [1.54, 1.807) is 24.3 Å². The van der Waals surface area contributed by atoms with Crippen molar-refractivity contribution < 1.29 is 58.4 Å². The van der Waals surface area contributed by atoms with Gasteiger partial charge in [0.1, 0.15) is 0 Å². The van der Waals surface area contributed by atoms with E-state index in [1.807, 2.05) is 12.1 Å². The van der Waals surface area contributed by atoms with Gasteiger partial charge in [-0.15, -0.1) is 0 Å². The van der Waals surface area contributed by atoms with Crippen LogP contribution in [0.15, 0.2) is 437 Å². The van der Waals surface area contributed by atoms with Crippen LogP contribution in [0.3, 0.4) is 0 Å². The Morgan fingerprint density at radius 1 is 0.270 bits per heavy atom. The Morgan fingerprint density at radius 3 is 0.695 bits per heavy atom. The second-order valence-electron chi connectivity index (χ2n) is 37.8. The third-order valence-electron chi connectivity index (χ3n) is 27.0. The molecule has 0 N–H and O–H groups in total. The summed E-state index contributed by atoms with van der Waals surface area (Å²) in [5.74, 6) is -0.967. The van der Waals surface area contributed by atoms with Crippen molar-refractivity contribution in [1.29, 1.82) is 0 Å². The van der Waals surface area contributed by atoms with E-state index in [1.165, 1.54) is 169 Å². The van der Waals surface area contributed by atoms with Gasteiger partial charge in [-0.2, -0.15) is 0 Å². The molecule has 8 nitrogen and oxygen atoms in total. The molecule has 3 fully saturated rings. The normalized spacial score (nSPS) is 14.9. The summed E-state index contributed by atoms with van der Waals surface area (Å²) in [5.41, 5.74) is 8.98. The Bertz CT molecular complexity index is 5890. The maximum absolute atomic E-state index is 13.1. The molecule has 16 aromatic carbocycles. The van der Waals surface area contributed by atoms with Gasteiger partial charge in [0, 0.05) is 47.6 Å². The molecule has 2 spiro atoms. The predicted molar refractivity (Wildman–Crippen MR) is 595 cm³/mol. The maximum atomic E-state index is 13.1. The summed E-state index contributed by atoms with van der Waals surface area (Å²) in [6.45, 7) is 17.5. The summed E-state index contributed by atoms with van der Waals surface area (Å²) in [4.78, 5) is 46.3. The van der Waals surface area contributed by atoms with Crippen LogP contribution in [0, 0.1) is 0 Å². The second-order valence-corrected chi connectivity index (χ2v) is 47.9. The average molecular weight is 2080 g/mol. The summed E-state index contributed by atoms with van der Waals surface area (Å²) < 4.78 is 21.7. The van der Waals surface area contributed by atoms with Crippen LogP contribution in [-0.2, 0) is 60.9 Å². The van der Waals surface area contributed by atoms with Crippen LogP contribution in [0.1, 0.15) is 176 Å². The SMILES string of the molecule is CC1(C)CCC2(CC2)c2cc(B3OC(C)(C)C(C)(C)O3)c(Cl)cc21.COC(=O)c1ccc(C(=O)Cl)cc1.COC(=O)c1ccc(C(=O)c2cc3c(cc2Cl)C(C)(C)CCC32CC2)cc1.[Pd].c1ccc(P(c2ccccc2)c2ccccc2)cc1.c1ccc(P(c2ccccc2)c2ccccc2)cc1.c1ccc(P(c2ccccc2)c2ccccc2)cc1.c1ccc(P(c2ccccc2)c2ccccc2)cc1. The fraction of sp³-hybridized carbons (Fsp3) is 0.194. The number of rotatable bonds is 18. The number of fused-ring (bicyclic) bond motifs is 4. The molecule has 141 heavy (non-hydrogen) atoms. The molecule has 716 valence electrons. The Hall–Kier alpha value is -11.0. The largest absolute Gasteiger partial charge is 0.496 e. The molecule has 0 bridgehead atoms. The van der Waals surface area contributed by atoms with Crippen molar-refractivity contribution in [2.45, 2.75) is 140 Å². The van der Waals surface area contributed by atoms with Crippen LogP contribution in [-0.4, -0.2) is 55.5 Å². The van der Waals surface area contributed by atoms with E-state index in [9.17, 15) is 19.2 Å². The van der Waals surface area contributed by atoms with Gasteiger partial charge in [0.2, 0.25) is 0 Å². The van der Waals surface area contributed by atoms with Gasteiger partial charge in [-0.3, -0.25) is 9.59 Å². The molecule has 16 aromatic rings. The van der Waals surface area contributed by atoms with Gasteiger partial charge in [0.05, 0.1) is 41.6 Å². The van der Waals surface area contributed by atoms with Crippen molar-refractivity contribution in [2.75, 3.05) is 14.2 Å². The van der Waals surface area contributed by atoms with E-state index < -0.39 is 48.9 Å². The molecule has 0 atom stereocenters. The van der Waals surface area contributed by atoms with Gasteiger partial charge in [-0.25, -0.2) is 9.59 Å². The number of ether oxygens (including phenoxy) is 2. The molecular formula is C124H118BCl3O8P4Pd. The first-order valence-corrected chi connectivity index (χ1v) is 54.2. The number of carbonyl (C=O) groups excluding carboxylic acids is 4. The van der Waals surface area contributed by atoms with Crippen molar-refractivity contribution in [1.82, 2.24) is 0 Å². The smallest absolute Gasteiger partial charge is 0.465 e. The molecule has 1 saturated heterocycles. The molecule has 21 rings (SSSR count). The first-order chi connectivity index (χ1) is 67.7. The summed E-state index contributed by atoms with van der Waals surface area (Å²) >= 11 is 18.5. The standard InChI is InChI=1S/C23H23ClO3.C20H28BClO2.4C18H15P.C9H7ClO3.Pd/c1-22(2)8-9-23(10-11-23)18-12-16(19(24)13-17(18)22)20(25)14-4-6-15(7-5-14)21(26)27-3;1-17(2)7-8-20(9-10-20)14-11-15(16(22)12-13(14)17)21-23-18(3,4)19(5,6)24-21;4*1-4-10-16(11-5-1)19(17-12-6-2-7-13-17)18-14-8-3-9-15-18;1-13-9(12)7-4-2-6(3-5-7)8(10)11;/h4-7,12-13H,8-11H2,1-3H3;11-12H,7-10H2,1-6H3;4*1-15H;2-5H,1H3;. The Labute approximate surface area is 867 Å². The van der Waals surface area contributed by atoms with Crippen LogP contribution in [0.5, 0.6) is 0 Å². The summed E-state index contributed by atoms with van der Waals surface area (Å²) in [7, 11) is 0.467. The third-order valence-corrected chi connectivity index (χ3v) is 37.7. The number of hydrogen-bond acceptors (Lipinski definition) is 8. The van der Waals surface area contributed by atoms with E-state index in [0.717, 1.165) is 16.9 Å². The molecule has 17 heteroatoms. The van der Waals surface area contributed by atoms with E-state index in [2.05, 4.69) is 436 Å². The van der Waals surface area contributed by atoms with Gasteiger partial charge in [0.25, 0.3) is 5.24 Å². The molecule has 5 aliphatic rings. The number of hydrogen-bond donors (Lipinski definition) is 0. The Balaban J connectivity index is 0.000000132. The van der Waals surface area contributed by atoms with E-state index in [0.29, 0.717) is 38.3 Å². The van der Waals surface area contributed by atoms with Crippen molar-refractivity contribution in [3.05, 3.63) is 497 Å². The number of carbonyl (C=O) groups is 4. The molecular weight excluding hydrogens is 1960 g/mol. The third kappa shape index (κ3) is 26.6. The summed E-state index contributed by atoms with van der Waals surface area (Å²) in [5, 5.41) is 17.5. The topological polar surface area (TPSA) is 105 Å². The molecule has 1 aliphatic heterocycles. The van der Waals surface area contributed by atoms with Crippen LogP contribution in [0.25, 0.3) is 0 Å². The van der Waals surface area contributed by atoms with E-state index >= 15 is 0 Å². The summed E-state index contributed by atoms with van der Waals surface area (Å²) in [6.07, 6.45) is 9.86. The van der Waals surface area contributed by atoms with Gasteiger partial charge < -0.3 is 18.8 Å². The molecule has 0 radical (unpaired) electrons. The monoisotopic (exact) mass is 2080 g/mol. The Morgan fingerprint density at radius 2 is 0.475 bits per heavy atom. The minimum absolute atomic E-state index is 0. The van der Waals surface area contributed by atoms with Gasteiger partial charge in [0.15, 0.2) is 5.78 Å². The van der Waals surface area contributed by atoms with E-state index in [-0.39, 0.29) is 60.8 Å². The van der Waals surface area contributed by atoms with Crippen molar-refractivity contribution >= 4 is 166 Å². The van der Waals surface area contributed by atoms with Gasteiger partial charge in [-0.05, 0) is 285 Å². The minimum atomic E-state index is -0.545. The minimum Gasteiger partial charge on any atom is -0.465 e. The van der Waals surface area contributed by atoms with E-state index in [4.69, 9.17) is 48.8 Å². The molecule has 0 amide bonds. The molecule has 0 aromatic heterocycles. The fourth-order valence-corrected chi connectivity index (χ4v) is 27.9. The number of ketones is 1. The molecule has 0 unspecified atom stereocenters. The first-order valence-electron chi connectivity index (χ1n) is 47.7.